The van der Waals surface area contributed by atoms with Gasteiger partial charge in [0.15, 0.2) is 11.5 Å². The Hall–Kier alpha value is -3.33. The van der Waals surface area contributed by atoms with E-state index in [-0.39, 0.29) is 12.2 Å². The van der Waals surface area contributed by atoms with Crippen molar-refractivity contribution in [3.8, 4) is 17.2 Å². The summed E-state index contributed by atoms with van der Waals surface area (Å²) in [6, 6.07) is 8.62. The Bertz CT molecular complexity index is 841. The number of aliphatic hydroxyl groups is 1. The molecule has 0 saturated carbocycles. The van der Waals surface area contributed by atoms with Crippen molar-refractivity contribution in [2.75, 3.05) is 26.4 Å². The van der Waals surface area contributed by atoms with Gasteiger partial charge >= 0.3 is 0 Å². The SMILES string of the molecule is CCOc1cc(C(=O)NC[C@H](O)c2ccc([N+](=O)[O-])cc2)cc(OCC)c1OCC. The van der Waals surface area contributed by atoms with Gasteiger partial charge < -0.3 is 24.6 Å². The lowest BCUT2D eigenvalue weighted by Gasteiger charge is -2.17. The maximum atomic E-state index is 12.6. The van der Waals surface area contributed by atoms with Gasteiger partial charge in [0.2, 0.25) is 5.75 Å². The summed E-state index contributed by atoms with van der Waals surface area (Å²) in [6.45, 7) is 6.59. The fourth-order valence-corrected chi connectivity index (χ4v) is 2.75. The molecule has 0 radical (unpaired) electrons. The van der Waals surface area contributed by atoms with Gasteiger partial charge in [-0.2, -0.15) is 0 Å². The van der Waals surface area contributed by atoms with Crippen LogP contribution >= 0.6 is 0 Å². The molecule has 2 aromatic rings. The number of benzene rings is 2. The highest BCUT2D eigenvalue weighted by molar-refractivity contribution is 5.95. The summed E-state index contributed by atoms with van der Waals surface area (Å²) in [6.07, 6.45) is -1.02. The molecule has 30 heavy (non-hydrogen) atoms. The van der Waals surface area contributed by atoms with Crippen LogP contribution in [0.5, 0.6) is 17.2 Å². The number of rotatable bonds is 11. The van der Waals surface area contributed by atoms with Crippen LogP contribution in [0.1, 0.15) is 42.8 Å². The van der Waals surface area contributed by atoms with Gasteiger partial charge in [0.1, 0.15) is 0 Å². The summed E-state index contributed by atoms with van der Waals surface area (Å²) in [4.78, 5) is 22.8. The molecule has 0 spiro atoms. The number of aliphatic hydroxyl groups excluding tert-OH is 1. The van der Waals surface area contributed by atoms with Gasteiger partial charge in [-0.25, -0.2) is 0 Å². The van der Waals surface area contributed by atoms with E-state index in [1.165, 1.54) is 24.3 Å². The molecule has 0 aliphatic rings. The first-order valence-corrected chi connectivity index (χ1v) is 9.68. The van der Waals surface area contributed by atoms with Crippen molar-refractivity contribution in [3.05, 3.63) is 57.6 Å². The molecule has 0 saturated heterocycles. The van der Waals surface area contributed by atoms with Gasteiger partial charge in [0.25, 0.3) is 11.6 Å². The molecule has 0 aliphatic heterocycles. The first-order chi connectivity index (χ1) is 14.4. The predicted octanol–water partition coefficient (Wildman–Crippen LogP) is 3.25. The highest BCUT2D eigenvalue weighted by Gasteiger charge is 2.19. The molecule has 2 N–H and O–H groups in total. The topological polar surface area (TPSA) is 120 Å². The number of hydrogen-bond acceptors (Lipinski definition) is 7. The predicted molar refractivity (Wildman–Crippen MR) is 110 cm³/mol. The Morgan fingerprint density at radius 1 is 1.03 bits per heavy atom. The number of non-ortho nitro benzene ring substituents is 1. The van der Waals surface area contributed by atoms with E-state index in [0.29, 0.717) is 48.2 Å². The van der Waals surface area contributed by atoms with Crippen LogP contribution in [0.2, 0.25) is 0 Å². The Morgan fingerprint density at radius 2 is 1.57 bits per heavy atom. The van der Waals surface area contributed by atoms with Crippen molar-refractivity contribution in [2.45, 2.75) is 26.9 Å². The van der Waals surface area contributed by atoms with Crippen LogP contribution in [0.15, 0.2) is 36.4 Å². The molecule has 0 aliphatic carbocycles. The van der Waals surface area contributed by atoms with Crippen LogP contribution in [0, 0.1) is 10.1 Å². The molecule has 1 amide bonds. The smallest absolute Gasteiger partial charge is 0.269 e. The van der Waals surface area contributed by atoms with Gasteiger partial charge in [-0.05, 0) is 50.6 Å². The zero-order valence-corrected chi connectivity index (χ0v) is 17.2. The molecule has 162 valence electrons. The minimum atomic E-state index is -1.02. The molecule has 0 fully saturated rings. The van der Waals surface area contributed by atoms with Crippen LogP contribution in [-0.2, 0) is 0 Å². The number of nitro benzene ring substituents is 1. The van der Waals surface area contributed by atoms with Crippen LogP contribution in [-0.4, -0.2) is 42.3 Å². The maximum absolute atomic E-state index is 12.6. The van der Waals surface area contributed by atoms with Crippen LogP contribution in [0.25, 0.3) is 0 Å². The van der Waals surface area contributed by atoms with Crippen molar-refractivity contribution in [2.24, 2.45) is 0 Å². The molecule has 2 rings (SSSR count). The van der Waals surface area contributed by atoms with Crippen molar-refractivity contribution in [1.82, 2.24) is 5.32 Å². The van der Waals surface area contributed by atoms with E-state index in [1.54, 1.807) is 12.1 Å². The summed E-state index contributed by atoms with van der Waals surface area (Å²) in [7, 11) is 0. The van der Waals surface area contributed by atoms with Crippen molar-refractivity contribution < 1.29 is 29.0 Å². The quantitative estimate of drug-likeness (QED) is 0.424. The van der Waals surface area contributed by atoms with Crippen molar-refractivity contribution >= 4 is 11.6 Å². The maximum Gasteiger partial charge on any atom is 0.269 e. The van der Waals surface area contributed by atoms with Crippen LogP contribution in [0.3, 0.4) is 0 Å². The molecule has 0 bridgehead atoms. The lowest BCUT2D eigenvalue weighted by atomic mass is 10.1. The monoisotopic (exact) mass is 418 g/mol. The molecule has 9 nitrogen and oxygen atoms in total. The minimum absolute atomic E-state index is 0.0716. The number of nitro groups is 1. The molecular formula is C21H26N2O7. The number of nitrogens with one attached hydrogen (secondary N) is 1. The van der Waals surface area contributed by atoms with E-state index in [1.807, 2.05) is 20.8 Å². The molecule has 1 atom stereocenters. The molecule has 0 heterocycles. The van der Waals surface area contributed by atoms with Crippen molar-refractivity contribution in [3.63, 3.8) is 0 Å². The molecule has 2 aromatic carbocycles. The van der Waals surface area contributed by atoms with Crippen LogP contribution < -0.4 is 19.5 Å². The van der Waals surface area contributed by atoms with Crippen molar-refractivity contribution in [1.29, 1.82) is 0 Å². The number of carbonyl (C=O) groups is 1. The fourth-order valence-electron chi connectivity index (χ4n) is 2.75. The number of ether oxygens (including phenoxy) is 3. The van der Waals surface area contributed by atoms with Gasteiger partial charge in [0.05, 0.1) is 30.8 Å². The van der Waals surface area contributed by atoms with E-state index < -0.39 is 16.9 Å². The summed E-state index contributed by atoms with van der Waals surface area (Å²) >= 11 is 0. The third kappa shape index (κ3) is 5.84. The largest absolute Gasteiger partial charge is 0.490 e. The minimum Gasteiger partial charge on any atom is -0.490 e. The molecular weight excluding hydrogens is 392 g/mol. The lowest BCUT2D eigenvalue weighted by molar-refractivity contribution is -0.384. The molecule has 0 aromatic heterocycles. The first-order valence-electron chi connectivity index (χ1n) is 9.68. The highest BCUT2D eigenvalue weighted by Crippen LogP contribution is 2.39. The second kappa shape index (κ2) is 11.0. The first kappa shape index (κ1) is 23.0. The number of carbonyl (C=O) groups excluding carboxylic acids is 1. The zero-order valence-electron chi connectivity index (χ0n) is 17.2. The summed E-state index contributed by atoms with van der Waals surface area (Å²) in [5, 5.41) is 23.7. The zero-order chi connectivity index (χ0) is 22.1. The average molecular weight is 418 g/mol. The van der Waals surface area contributed by atoms with Gasteiger partial charge in [-0.1, -0.05) is 0 Å². The summed E-state index contributed by atoms with van der Waals surface area (Å²) < 4.78 is 16.8. The Morgan fingerprint density at radius 3 is 2.03 bits per heavy atom. The molecule has 9 heteroatoms. The summed E-state index contributed by atoms with van der Waals surface area (Å²) in [5.74, 6) is 0.794. The third-order valence-corrected chi connectivity index (χ3v) is 4.12. The van der Waals surface area contributed by atoms with Gasteiger partial charge in [0, 0.05) is 24.2 Å². The number of nitrogens with zero attached hydrogens (tertiary/aromatic N) is 1. The van der Waals surface area contributed by atoms with Crippen LogP contribution in [0.4, 0.5) is 5.69 Å². The average Bonchev–Trinajstić information content (AvgIpc) is 2.74. The number of hydrogen-bond donors (Lipinski definition) is 2. The Labute approximate surface area is 174 Å². The molecule has 0 unspecified atom stereocenters. The van der Waals surface area contributed by atoms with Gasteiger partial charge in [-0.15, -0.1) is 0 Å². The highest BCUT2D eigenvalue weighted by atomic mass is 16.6. The third-order valence-electron chi connectivity index (χ3n) is 4.12. The second-order valence-corrected chi connectivity index (χ2v) is 6.18. The van der Waals surface area contributed by atoms with E-state index in [9.17, 15) is 20.0 Å². The van der Waals surface area contributed by atoms with E-state index in [0.717, 1.165) is 0 Å². The lowest BCUT2D eigenvalue weighted by Crippen LogP contribution is -2.28. The number of amides is 1. The standard InChI is InChI=1S/C21H26N2O7/c1-4-28-18-11-15(12-19(29-5-2)20(18)30-6-3)21(25)22-13-17(24)14-7-9-16(10-8-14)23(26)27/h7-12,17,24H,4-6,13H2,1-3H3,(H,22,25)/t17-/m0/s1. The van der Waals surface area contributed by atoms with E-state index >= 15 is 0 Å². The van der Waals surface area contributed by atoms with Gasteiger partial charge in [-0.3, -0.25) is 14.9 Å². The normalized spacial score (nSPS) is 11.5. The fraction of sp³-hybridized carbons (Fsp3) is 0.381. The van der Waals surface area contributed by atoms with E-state index in [4.69, 9.17) is 14.2 Å². The second-order valence-electron chi connectivity index (χ2n) is 6.18. The Balaban J connectivity index is 2.15. The Kier molecular flexibility index (Phi) is 8.42. The van der Waals surface area contributed by atoms with E-state index in [2.05, 4.69) is 5.32 Å². The summed E-state index contributed by atoms with van der Waals surface area (Å²) in [5.41, 5.74) is 0.676.